The number of hydrogen-bond acceptors (Lipinski definition) is 7. The van der Waals surface area contributed by atoms with Gasteiger partial charge in [-0.2, -0.15) is 5.10 Å². The highest BCUT2D eigenvalue weighted by atomic mass is 127. The normalized spacial score (nSPS) is 13.9. The zero-order valence-corrected chi connectivity index (χ0v) is 16.0. The standard InChI is InChI=1S/C15H18IN7O2/c1-10(2)8-21-14(16)13(7-17-21)15-18-19-20-22(15)9-11-3-5-12(6-4-11)23(24)25/h3-7,10,19-20H,8-9H2,1-2H3. The molecule has 2 N–H and O–H groups in total. The maximum absolute atomic E-state index is 10.8. The minimum atomic E-state index is -0.405. The first kappa shape index (κ1) is 17.6. The van der Waals surface area contributed by atoms with Crippen LogP contribution in [0, 0.1) is 19.7 Å². The molecule has 3 rings (SSSR count). The summed E-state index contributed by atoms with van der Waals surface area (Å²) in [4.78, 5) is 10.3. The van der Waals surface area contributed by atoms with Crippen LogP contribution in [0.3, 0.4) is 0 Å². The van der Waals surface area contributed by atoms with E-state index in [2.05, 4.69) is 57.7 Å². The van der Waals surface area contributed by atoms with Gasteiger partial charge in [0.05, 0.1) is 23.2 Å². The topological polar surface area (TPSA) is 101 Å². The van der Waals surface area contributed by atoms with Gasteiger partial charge in [0.25, 0.3) is 5.69 Å². The molecule has 0 bridgehead atoms. The quantitative estimate of drug-likeness (QED) is 0.394. The first-order valence-corrected chi connectivity index (χ1v) is 8.84. The van der Waals surface area contributed by atoms with Crippen molar-refractivity contribution in [3.8, 4) is 0 Å². The molecule has 132 valence electrons. The van der Waals surface area contributed by atoms with Crippen molar-refractivity contribution in [2.45, 2.75) is 26.9 Å². The van der Waals surface area contributed by atoms with Crippen LogP contribution in [0.5, 0.6) is 0 Å². The van der Waals surface area contributed by atoms with E-state index in [1.807, 2.05) is 9.69 Å². The van der Waals surface area contributed by atoms with Crippen LogP contribution in [0.4, 0.5) is 5.69 Å². The number of hydrazine groups is 2. The molecule has 0 unspecified atom stereocenters. The minimum absolute atomic E-state index is 0.0784. The molecular formula is C15H18IN7O2. The van der Waals surface area contributed by atoms with Crippen LogP contribution in [0.15, 0.2) is 35.6 Å². The Labute approximate surface area is 158 Å². The minimum Gasteiger partial charge on any atom is -0.266 e. The summed E-state index contributed by atoms with van der Waals surface area (Å²) in [5, 5.41) is 21.3. The molecule has 1 aliphatic heterocycles. The monoisotopic (exact) mass is 455 g/mol. The summed E-state index contributed by atoms with van der Waals surface area (Å²) in [5.74, 6) is 1.23. The molecule has 1 aromatic carbocycles. The van der Waals surface area contributed by atoms with E-state index in [-0.39, 0.29) is 5.69 Å². The second-order valence-corrected chi connectivity index (χ2v) is 7.12. The summed E-state index contributed by atoms with van der Waals surface area (Å²) < 4.78 is 2.98. The summed E-state index contributed by atoms with van der Waals surface area (Å²) in [6.45, 7) is 5.65. The van der Waals surface area contributed by atoms with Crippen molar-refractivity contribution in [3.05, 3.63) is 55.4 Å². The van der Waals surface area contributed by atoms with Gasteiger partial charge in [-0.25, -0.2) is 5.53 Å². The molecule has 25 heavy (non-hydrogen) atoms. The lowest BCUT2D eigenvalue weighted by Crippen LogP contribution is -2.40. The van der Waals surface area contributed by atoms with Crippen LogP contribution in [0.2, 0.25) is 0 Å². The van der Waals surface area contributed by atoms with Gasteiger partial charge < -0.3 is 0 Å². The zero-order valence-electron chi connectivity index (χ0n) is 13.8. The number of aromatic nitrogens is 2. The van der Waals surface area contributed by atoms with Crippen LogP contribution in [-0.4, -0.2) is 25.5 Å². The third kappa shape index (κ3) is 3.90. The molecule has 1 aromatic heterocycles. The molecule has 0 atom stereocenters. The van der Waals surface area contributed by atoms with Gasteiger partial charge in [-0.3, -0.25) is 19.8 Å². The highest BCUT2D eigenvalue weighted by molar-refractivity contribution is 14.1. The molecule has 0 fully saturated rings. The molecule has 0 saturated carbocycles. The molecule has 0 amide bonds. The number of halogens is 1. The average molecular weight is 455 g/mol. The fraction of sp³-hybridized carbons (Fsp3) is 0.333. The van der Waals surface area contributed by atoms with E-state index in [1.165, 1.54) is 12.1 Å². The summed E-state index contributed by atoms with van der Waals surface area (Å²) in [6, 6.07) is 6.48. The Morgan fingerprint density at radius 1 is 1.32 bits per heavy atom. The Bertz CT molecular complexity index is 801. The number of hydrogen-bond donors (Lipinski definition) is 2. The van der Waals surface area contributed by atoms with Crippen LogP contribution in [0.25, 0.3) is 0 Å². The smallest absolute Gasteiger partial charge is 0.266 e. The van der Waals surface area contributed by atoms with Gasteiger partial charge in [-0.15, -0.1) is 10.6 Å². The lowest BCUT2D eigenvalue weighted by atomic mass is 10.2. The van der Waals surface area contributed by atoms with E-state index in [0.717, 1.165) is 27.2 Å². The number of amidine groups is 1. The maximum Gasteiger partial charge on any atom is 0.269 e. The van der Waals surface area contributed by atoms with Gasteiger partial charge in [0.15, 0.2) is 5.84 Å². The highest BCUT2D eigenvalue weighted by Crippen LogP contribution is 2.19. The first-order chi connectivity index (χ1) is 12.0. The molecule has 0 spiro atoms. The molecule has 2 aromatic rings. The number of benzene rings is 1. The maximum atomic E-state index is 10.8. The number of non-ortho nitro benzene ring substituents is 1. The van der Waals surface area contributed by atoms with Gasteiger partial charge >= 0.3 is 0 Å². The number of nitro benzene ring substituents is 1. The third-order valence-corrected chi connectivity index (χ3v) is 4.78. The van der Waals surface area contributed by atoms with Crippen molar-refractivity contribution in [2.24, 2.45) is 11.0 Å². The van der Waals surface area contributed by atoms with Crippen LogP contribution >= 0.6 is 22.6 Å². The van der Waals surface area contributed by atoms with Crippen LogP contribution < -0.4 is 11.1 Å². The molecule has 2 heterocycles. The number of hydrazone groups is 1. The van der Waals surface area contributed by atoms with E-state index < -0.39 is 4.92 Å². The Kier molecular flexibility index (Phi) is 5.18. The number of nitrogens with one attached hydrogen (secondary N) is 2. The Morgan fingerprint density at radius 3 is 2.68 bits per heavy atom. The zero-order chi connectivity index (χ0) is 18.0. The van der Waals surface area contributed by atoms with E-state index in [1.54, 1.807) is 18.3 Å². The van der Waals surface area contributed by atoms with E-state index in [4.69, 9.17) is 0 Å². The Morgan fingerprint density at radius 2 is 2.04 bits per heavy atom. The summed E-state index contributed by atoms with van der Waals surface area (Å²) >= 11 is 2.27. The van der Waals surface area contributed by atoms with Crippen LogP contribution in [0.1, 0.15) is 25.0 Å². The number of nitro groups is 1. The lowest BCUT2D eigenvalue weighted by molar-refractivity contribution is -0.384. The summed E-state index contributed by atoms with van der Waals surface area (Å²) in [5.41, 5.74) is 7.68. The van der Waals surface area contributed by atoms with Gasteiger partial charge in [0.2, 0.25) is 0 Å². The predicted molar refractivity (Wildman–Crippen MR) is 101 cm³/mol. The third-order valence-electron chi connectivity index (χ3n) is 3.64. The Hall–Kier alpha value is -2.21. The summed E-state index contributed by atoms with van der Waals surface area (Å²) in [6.07, 6.45) is 1.81. The summed E-state index contributed by atoms with van der Waals surface area (Å²) in [7, 11) is 0. The Balaban J connectivity index is 1.77. The van der Waals surface area contributed by atoms with Crippen molar-refractivity contribution >= 4 is 34.1 Å². The van der Waals surface area contributed by atoms with Crippen molar-refractivity contribution in [2.75, 3.05) is 0 Å². The van der Waals surface area contributed by atoms with Gasteiger partial charge in [-0.1, -0.05) is 26.0 Å². The van der Waals surface area contributed by atoms with E-state index in [0.29, 0.717) is 12.5 Å². The van der Waals surface area contributed by atoms with Crippen molar-refractivity contribution in [3.63, 3.8) is 0 Å². The lowest BCUT2D eigenvalue weighted by Gasteiger charge is -2.18. The fourth-order valence-corrected chi connectivity index (χ4v) is 3.17. The second-order valence-electron chi connectivity index (χ2n) is 6.09. The fourth-order valence-electron chi connectivity index (χ4n) is 2.47. The molecule has 0 radical (unpaired) electrons. The van der Waals surface area contributed by atoms with E-state index in [9.17, 15) is 10.1 Å². The highest BCUT2D eigenvalue weighted by Gasteiger charge is 2.24. The SMILES string of the molecule is CC(C)Cn1ncc(C2=NNNN2Cc2ccc([N+](=O)[O-])cc2)c1I. The van der Waals surface area contributed by atoms with E-state index >= 15 is 0 Å². The van der Waals surface area contributed by atoms with Crippen molar-refractivity contribution < 1.29 is 4.92 Å². The number of nitrogens with zero attached hydrogens (tertiary/aromatic N) is 5. The number of rotatable bonds is 6. The predicted octanol–water partition coefficient (Wildman–Crippen LogP) is 2.24. The molecule has 10 heteroatoms. The van der Waals surface area contributed by atoms with Gasteiger partial charge in [-0.05, 0) is 34.1 Å². The second kappa shape index (κ2) is 7.35. The molecule has 1 aliphatic rings. The van der Waals surface area contributed by atoms with Crippen molar-refractivity contribution in [1.82, 2.24) is 25.9 Å². The average Bonchev–Trinajstić information content (AvgIpc) is 3.15. The first-order valence-electron chi connectivity index (χ1n) is 7.76. The van der Waals surface area contributed by atoms with Gasteiger partial charge in [0, 0.05) is 18.7 Å². The van der Waals surface area contributed by atoms with Gasteiger partial charge in [0.1, 0.15) is 3.70 Å². The molecule has 0 aliphatic carbocycles. The molecule has 9 nitrogen and oxygen atoms in total. The molecular weight excluding hydrogens is 437 g/mol. The largest absolute Gasteiger partial charge is 0.269 e. The van der Waals surface area contributed by atoms with Crippen LogP contribution in [-0.2, 0) is 13.1 Å². The molecule has 0 saturated heterocycles. The van der Waals surface area contributed by atoms with Crippen molar-refractivity contribution in [1.29, 1.82) is 0 Å².